The van der Waals surface area contributed by atoms with Crippen LogP contribution in [0.5, 0.6) is 0 Å². The summed E-state index contributed by atoms with van der Waals surface area (Å²) in [5.41, 5.74) is 14.2. The molecule has 0 fully saturated rings. The predicted octanol–water partition coefficient (Wildman–Crippen LogP) is 12.7. The Labute approximate surface area is 313 Å². The molecule has 3 aromatic heterocycles. The molecule has 0 bridgehead atoms. The van der Waals surface area contributed by atoms with Gasteiger partial charge in [-0.05, 0) is 46.5 Å². The van der Waals surface area contributed by atoms with E-state index in [1.807, 2.05) is 30.3 Å². The molecule has 0 N–H and O–H groups in total. The molecule has 0 unspecified atom stereocenters. The Hall–Kier alpha value is -7.30. The van der Waals surface area contributed by atoms with Gasteiger partial charge in [0.15, 0.2) is 5.82 Å². The van der Waals surface area contributed by atoms with E-state index in [4.69, 9.17) is 19.9 Å². The molecule has 54 heavy (non-hydrogen) atoms. The highest BCUT2D eigenvalue weighted by molar-refractivity contribution is 6.04. The number of para-hydroxylation sites is 1. The second kappa shape index (κ2) is 13.4. The summed E-state index contributed by atoms with van der Waals surface area (Å²) in [6, 6.07) is 67.4. The van der Waals surface area contributed by atoms with Crippen LogP contribution in [0.3, 0.4) is 0 Å². The van der Waals surface area contributed by atoms with Crippen molar-refractivity contribution in [2.45, 2.75) is 0 Å². The molecular formula is C50H32N4. The third kappa shape index (κ3) is 5.76. The van der Waals surface area contributed by atoms with Gasteiger partial charge in [-0.3, -0.25) is 0 Å². The van der Waals surface area contributed by atoms with Crippen molar-refractivity contribution in [2.24, 2.45) is 0 Å². The minimum atomic E-state index is 0.692. The van der Waals surface area contributed by atoms with E-state index in [0.717, 1.165) is 77.6 Å². The first-order valence-electron chi connectivity index (χ1n) is 18.1. The lowest BCUT2D eigenvalue weighted by molar-refractivity contribution is 1.23. The standard InChI is InChI=1S/C50H32N4/c1-3-12-33(13-4-1)41-18-7-8-19-42(41)39-16-11-17-40(32-39)50-53-46-21-10-9-20-43(46)47(54-50)36-24-22-35(23-25-36)45-31-29-38-27-26-37-28-30-44(34-14-5-2-6-15-34)51-48(37)49(38)52-45/h1-32H. The molecule has 3 heterocycles. The van der Waals surface area contributed by atoms with Gasteiger partial charge < -0.3 is 0 Å². The Bertz CT molecular complexity index is 2970. The Morgan fingerprint density at radius 3 is 1.48 bits per heavy atom. The van der Waals surface area contributed by atoms with Gasteiger partial charge in [-0.15, -0.1) is 0 Å². The number of rotatable bonds is 6. The average molecular weight is 689 g/mol. The van der Waals surface area contributed by atoms with E-state index in [1.165, 1.54) is 16.7 Å². The lowest BCUT2D eigenvalue weighted by atomic mass is 9.93. The lowest BCUT2D eigenvalue weighted by Gasteiger charge is -2.13. The smallest absolute Gasteiger partial charge is 0.160 e. The van der Waals surface area contributed by atoms with Crippen molar-refractivity contribution in [1.29, 1.82) is 0 Å². The van der Waals surface area contributed by atoms with Gasteiger partial charge in [0.2, 0.25) is 0 Å². The second-order valence-electron chi connectivity index (χ2n) is 13.5. The van der Waals surface area contributed by atoms with Crippen molar-refractivity contribution in [1.82, 2.24) is 19.9 Å². The summed E-state index contributed by atoms with van der Waals surface area (Å²) in [5.74, 6) is 0.692. The fraction of sp³-hybridized carbons (Fsp3) is 0. The molecule has 0 saturated carbocycles. The molecule has 10 aromatic rings. The van der Waals surface area contributed by atoms with Crippen LogP contribution in [0.1, 0.15) is 0 Å². The number of aromatic nitrogens is 4. The Morgan fingerprint density at radius 1 is 0.296 bits per heavy atom. The van der Waals surface area contributed by atoms with Gasteiger partial charge in [-0.25, -0.2) is 19.9 Å². The monoisotopic (exact) mass is 688 g/mol. The van der Waals surface area contributed by atoms with E-state index < -0.39 is 0 Å². The van der Waals surface area contributed by atoms with Crippen LogP contribution in [0.15, 0.2) is 194 Å². The highest BCUT2D eigenvalue weighted by Crippen LogP contribution is 2.36. The summed E-state index contributed by atoms with van der Waals surface area (Å²) in [5, 5.41) is 3.14. The summed E-state index contributed by atoms with van der Waals surface area (Å²) in [4.78, 5) is 20.6. The molecule has 10 rings (SSSR count). The largest absolute Gasteiger partial charge is 0.245 e. The van der Waals surface area contributed by atoms with Crippen molar-refractivity contribution < 1.29 is 0 Å². The van der Waals surface area contributed by atoms with Gasteiger partial charge in [0.05, 0.1) is 33.6 Å². The lowest BCUT2D eigenvalue weighted by Crippen LogP contribution is -1.96. The molecule has 0 aliphatic carbocycles. The van der Waals surface area contributed by atoms with E-state index in [1.54, 1.807) is 0 Å². The van der Waals surface area contributed by atoms with Gasteiger partial charge in [-0.2, -0.15) is 0 Å². The average Bonchev–Trinajstić information content (AvgIpc) is 3.26. The van der Waals surface area contributed by atoms with Crippen LogP contribution >= 0.6 is 0 Å². The van der Waals surface area contributed by atoms with E-state index in [0.29, 0.717) is 5.82 Å². The van der Waals surface area contributed by atoms with Gasteiger partial charge in [0.1, 0.15) is 0 Å². The maximum atomic E-state index is 5.23. The zero-order valence-corrected chi connectivity index (χ0v) is 29.3. The highest BCUT2D eigenvalue weighted by Gasteiger charge is 2.15. The van der Waals surface area contributed by atoms with Crippen LogP contribution in [-0.2, 0) is 0 Å². The van der Waals surface area contributed by atoms with Gasteiger partial charge >= 0.3 is 0 Å². The Morgan fingerprint density at radius 2 is 0.796 bits per heavy atom. The van der Waals surface area contributed by atoms with Gasteiger partial charge in [0.25, 0.3) is 0 Å². The maximum absolute atomic E-state index is 5.23. The number of nitrogens with zero attached hydrogens (tertiary/aromatic N) is 4. The molecule has 4 heteroatoms. The van der Waals surface area contributed by atoms with Crippen molar-refractivity contribution in [3.8, 4) is 67.4 Å². The first-order valence-corrected chi connectivity index (χ1v) is 18.1. The molecule has 0 aliphatic heterocycles. The summed E-state index contributed by atoms with van der Waals surface area (Å²) in [6.07, 6.45) is 0. The van der Waals surface area contributed by atoms with E-state index in [9.17, 15) is 0 Å². The maximum Gasteiger partial charge on any atom is 0.160 e. The van der Waals surface area contributed by atoms with Gasteiger partial charge in [-0.1, -0.05) is 170 Å². The second-order valence-corrected chi connectivity index (χ2v) is 13.5. The number of fused-ring (bicyclic) bond motifs is 4. The van der Waals surface area contributed by atoms with E-state index >= 15 is 0 Å². The summed E-state index contributed by atoms with van der Waals surface area (Å²) in [6.45, 7) is 0. The van der Waals surface area contributed by atoms with Crippen molar-refractivity contribution in [3.05, 3.63) is 194 Å². The molecule has 252 valence electrons. The Kier molecular flexibility index (Phi) is 7.77. The van der Waals surface area contributed by atoms with Crippen molar-refractivity contribution >= 4 is 32.7 Å². The minimum Gasteiger partial charge on any atom is -0.245 e. The topological polar surface area (TPSA) is 51.6 Å². The minimum absolute atomic E-state index is 0.692. The zero-order valence-electron chi connectivity index (χ0n) is 29.3. The van der Waals surface area contributed by atoms with Gasteiger partial charge in [0, 0.05) is 38.4 Å². The van der Waals surface area contributed by atoms with Crippen molar-refractivity contribution in [2.75, 3.05) is 0 Å². The first-order chi connectivity index (χ1) is 26.7. The zero-order chi connectivity index (χ0) is 35.8. The summed E-state index contributed by atoms with van der Waals surface area (Å²) in [7, 11) is 0. The fourth-order valence-corrected chi connectivity index (χ4v) is 7.35. The highest BCUT2D eigenvalue weighted by atomic mass is 14.9. The van der Waals surface area contributed by atoms with E-state index in [2.05, 4.69) is 164 Å². The number of hydrogen-bond donors (Lipinski definition) is 0. The molecule has 0 aliphatic rings. The van der Waals surface area contributed by atoms with E-state index in [-0.39, 0.29) is 0 Å². The SMILES string of the molecule is c1ccc(-c2ccc3ccc4ccc(-c5ccc(-c6nc(-c7cccc(-c8ccccc8-c8ccccc8)c7)nc7ccccc67)cc5)nc4c3n2)cc1. The summed E-state index contributed by atoms with van der Waals surface area (Å²) >= 11 is 0. The predicted molar refractivity (Wildman–Crippen MR) is 223 cm³/mol. The van der Waals surface area contributed by atoms with Crippen LogP contribution in [0, 0.1) is 0 Å². The molecule has 4 nitrogen and oxygen atoms in total. The van der Waals surface area contributed by atoms with Crippen molar-refractivity contribution in [3.63, 3.8) is 0 Å². The van der Waals surface area contributed by atoms with Crippen LogP contribution in [0.25, 0.3) is 100 Å². The summed E-state index contributed by atoms with van der Waals surface area (Å²) < 4.78 is 0. The normalized spacial score (nSPS) is 11.3. The van der Waals surface area contributed by atoms with Crippen LogP contribution in [0.2, 0.25) is 0 Å². The molecular weight excluding hydrogens is 657 g/mol. The molecule has 0 radical (unpaired) electrons. The Balaban J connectivity index is 1.03. The molecule has 7 aromatic carbocycles. The first kappa shape index (κ1) is 31.4. The third-order valence-electron chi connectivity index (χ3n) is 10.1. The molecule has 0 amide bonds. The number of hydrogen-bond acceptors (Lipinski definition) is 4. The quantitative estimate of drug-likeness (QED) is 0.163. The molecule has 0 spiro atoms. The van der Waals surface area contributed by atoms with Crippen LogP contribution < -0.4 is 0 Å². The fourth-order valence-electron chi connectivity index (χ4n) is 7.35. The molecule has 0 atom stereocenters. The third-order valence-corrected chi connectivity index (χ3v) is 10.1. The number of benzene rings is 7. The van der Waals surface area contributed by atoms with Crippen LogP contribution in [0.4, 0.5) is 0 Å². The number of pyridine rings is 2. The molecule has 0 saturated heterocycles. The van der Waals surface area contributed by atoms with Crippen LogP contribution in [-0.4, -0.2) is 19.9 Å².